The van der Waals surface area contributed by atoms with E-state index in [4.69, 9.17) is 0 Å². The summed E-state index contributed by atoms with van der Waals surface area (Å²) in [5, 5.41) is 4.02. The van der Waals surface area contributed by atoms with E-state index < -0.39 is 10.0 Å². The van der Waals surface area contributed by atoms with Crippen molar-refractivity contribution in [3.05, 3.63) is 37.1 Å². The lowest BCUT2D eigenvalue weighted by Gasteiger charge is -2.05. The van der Waals surface area contributed by atoms with E-state index in [-0.39, 0.29) is 0 Å². The van der Waals surface area contributed by atoms with Gasteiger partial charge in [0.1, 0.15) is 0 Å². The van der Waals surface area contributed by atoms with Gasteiger partial charge in [-0.15, -0.1) is 11.3 Å². The predicted molar refractivity (Wildman–Crippen MR) is 80.0 cm³/mol. The van der Waals surface area contributed by atoms with Crippen molar-refractivity contribution in [2.45, 2.75) is 18.2 Å². The molecule has 0 bridgehead atoms. The van der Waals surface area contributed by atoms with Gasteiger partial charge in [-0.3, -0.25) is 0 Å². The van der Waals surface area contributed by atoms with E-state index in [0.717, 1.165) is 14.2 Å². The van der Waals surface area contributed by atoms with Crippen molar-refractivity contribution in [1.29, 1.82) is 0 Å². The normalized spacial score (nSPS) is 11.9. The van der Waals surface area contributed by atoms with Gasteiger partial charge in [-0.05, 0) is 57.7 Å². The van der Waals surface area contributed by atoms with E-state index in [0.29, 0.717) is 17.9 Å². The molecular formula is C11H12BrNO2S3. The molecule has 0 saturated carbocycles. The third-order valence-electron chi connectivity index (χ3n) is 2.42. The summed E-state index contributed by atoms with van der Waals surface area (Å²) in [6.45, 7) is 2.23. The van der Waals surface area contributed by atoms with Gasteiger partial charge in [0.15, 0.2) is 0 Å². The van der Waals surface area contributed by atoms with Crippen molar-refractivity contribution in [2.75, 3.05) is 6.54 Å². The highest BCUT2D eigenvalue weighted by atomic mass is 79.9. The van der Waals surface area contributed by atoms with Crippen LogP contribution < -0.4 is 4.72 Å². The van der Waals surface area contributed by atoms with Gasteiger partial charge in [0.2, 0.25) is 10.0 Å². The number of nitrogens with one attached hydrogen (secondary N) is 1. The molecule has 0 atom stereocenters. The molecule has 0 spiro atoms. The van der Waals surface area contributed by atoms with Crippen LogP contribution in [0.25, 0.3) is 0 Å². The summed E-state index contributed by atoms with van der Waals surface area (Å²) in [6, 6.07) is 3.65. The first-order chi connectivity index (χ1) is 8.49. The highest BCUT2D eigenvalue weighted by Crippen LogP contribution is 2.29. The largest absolute Gasteiger partial charge is 0.241 e. The van der Waals surface area contributed by atoms with Gasteiger partial charge >= 0.3 is 0 Å². The predicted octanol–water partition coefficient (Wildman–Crippen LogP) is 3.40. The highest BCUT2D eigenvalue weighted by molar-refractivity contribution is 9.11. The molecule has 0 radical (unpaired) electrons. The topological polar surface area (TPSA) is 46.2 Å². The second-order valence-corrected chi connectivity index (χ2v) is 8.90. The van der Waals surface area contributed by atoms with Crippen molar-refractivity contribution < 1.29 is 8.42 Å². The van der Waals surface area contributed by atoms with Gasteiger partial charge in [-0.25, -0.2) is 13.1 Å². The van der Waals surface area contributed by atoms with Gasteiger partial charge in [0, 0.05) is 11.4 Å². The number of thiophene rings is 2. The fourth-order valence-electron chi connectivity index (χ4n) is 1.54. The first-order valence-corrected chi connectivity index (χ1v) is 9.29. The average Bonchev–Trinajstić information content (AvgIpc) is 2.88. The smallest absolute Gasteiger partial charge is 0.211 e. The first kappa shape index (κ1) is 14.2. The van der Waals surface area contributed by atoms with Gasteiger partial charge in [-0.2, -0.15) is 11.3 Å². The minimum atomic E-state index is -3.39. The SMILES string of the molecule is Cc1sc(Br)cc1S(=O)(=O)NCCc1ccsc1. The van der Waals surface area contributed by atoms with Crippen LogP contribution in [0, 0.1) is 6.92 Å². The Labute approximate surface area is 123 Å². The Morgan fingerprint density at radius 2 is 2.22 bits per heavy atom. The van der Waals surface area contributed by atoms with Crippen molar-refractivity contribution in [3.8, 4) is 0 Å². The molecule has 0 unspecified atom stereocenters. The summed E-state index contributed by atoms with van der Waals surface area (Å²) in [4.78, 5) is 1.16. The Kier molecular flexibility index (Phi) is 4.60. The van der Waals surface area contributed by atoms with Crippen LogP contribution in [-0.2, 0) is 16.4 Å². The fraction of sp³-hybridized carbons (Fsp3) is 0.273. The molecule has 1 N–H and O–H groups in total. The minimum Gasteiger partial charge on any atom is -0.211 e. The molecular weight excluding hydrogens is 354 g/mol. The number of rotatable bonds is 5. The van der Waals surface area contributed by atoms with Crippen LogP contribution in [-0.4, -0.2) is 15.0 Å². The highest BCUT2D eigenvalue weighted by Gasteiger charge is 2.18. The van der Waals surface area contributed by atoms with Crippen LogP contribution in [0.15, 0.2) is 31.6 Å². The van der Waals surface area contributed by atoms with E-state index in [2.05, 4.69) is 20.7 Å². The van der Waals surface area contributed by atoms with Gasteiger partial charge < -0.3 is 0 Å². The zero-order valence-electron chi connectivity index (χ0n) is 9.64. The van der Waals surface area contributed by atoms with Gasteiger partial charge in [0.25, 0.3) is 0 Å². The number of sulfonamides is 1. The van der Waals surface area contributed by atoms with E-state index in [1.165, 1.54) is 11.3 Å². The Hall–Kier alpha value is -0.210. The molecule has 2 aromatic heterocycles. The van der Waals surface area contributed by atoms with Crippen LogP contribution in [0.4, 0.5) is 0 Å². The molecule has 0 saturated heterocycles. The van der Waals surface area contributed by atoms with E-state index in [1.807, 2.05) is 23.8 Å². The summed E-state index contributed by atoms with van der Waals surface area (Å²) in [5.41, 5.74) is 1.16. The molecule has 18 heavy (non-hydrogen) atoms. The van der Waals surface area contributed by atoms with Crippen molar-refractivity contribution in [1.82, 2.24) is 4.72 Å². The molecule has 0 aromatic carbocycles. The van der Waals surface area contributed by atoms with Crippen molar-refractivity contribution >= 4 is 48.6 Å². The Morgan fingerprint density at radius 1 is 1.44 bits per heavy atom. The van der Waals surface area contributed by atoms with Crippen LogP contribution in [0.5, 0.6) is 0 Å². The second kappa shape index (κ2) is 5.83. The molecule has 2 rings (SSSR count). The van der Waals surface area contributed by atoms with E-state index in [1.54, 1.807) is 17.4 Å². The standard InChI is InChI=1S/C11H12BrNO2S3/c1-8-10(6-11(12)17-8)18(14,15)13-4-2-9-3-5-16-7-9/h3,5-7,13H,2,4H2,1H3. The lowest BCUT2D eigenvalue weighted by molar-refractivity contribution is 0.581. The van der Waals surface area contributed by atoms with Gasteiger partial charge in [0.05, 0.1) is 8.68 Å². The molecule has 2 heterocycles. The van der Waals surface area contributed by atoms with Crippen LogP contribution in [0.1, 0.15) is 10.4 Å². The molecule has 0 aliphatic heterocycles. The zero-order valence-corrected chi connectivity index (χ0v) is 13.7. The van der Waals surface area contributed by atoms with Crippen LogP contribution in [0.3, 0.4) is 0 Å². The zero-order chi connectivity index (χ0) is 13.2. The van der Waals surface area contributed by atoms with Crippen LogP contribution >= 0.6 is 38.6 Å². The Morgan fingerprint density at radius 3 is 2.78 bits per heavy atom. The second-order valence-electron chi connectivity index (χ2n) is 3.75. The van der Waals surface area contributed by atoms with E-state index >= 15 is 0 Å². The lowest BCUT2D eigenvalue weighted by Crippen LogP contribution is -2.26. The molecule has 0 aliphatic rings. The maximum absolute atomic E-state index is 12.1. The third kappa shape index (κ3) is 3.42. The monoisotopic (exact) mass is 365 g/mol. The van der Waals surface area contributed by atoms with E-state index in [9.17, 15) is 8.42 Å². The summed E-state index contributed by atoms with van der Waals surface area (Å²) < 4.78 is 27.6. The molecule has 3 nitrogen and oxygen atoms in total. The first-order valence-electron chi connectivity index (χ1n) is 5.26. The quantitative estimate of drug-likeness (QED) is 0.882. The lowest BCUT2D eigenvalue weighted by atomic mass is 10.2. The fourth-order valence-corrected chi connectivity index (χ4v) is 5.69. The Bertz CT molecular complexity index is 617. The average molecular weight is 366 g/mol. The summed E-state index contributed by atoms with van der Waals surface area (Å²) in [7, 11) is -3.39. The molecule has 0 fully saturated rings. The summed E-state index contributed by atoms with van der Waals surface area (Å²) >= 11 is 6.35. The Balaban J connectivity index is 2.02. The summed E-state index contributed by atoms with van der Waals surface area (Å²) in [5.74, 6) is 0. The molecule has 2 aromatic rings. The maximum Gasteiger partial charge on any atom is 0.241 e. The number of aryl methyl sites for hydroxylation is 1. The number of halogens is 1. The number of hydrogen-bond acceptors (Lipinski definition) is 4. The molecule has 0 aliphatic carbocycles. The van der Waals surface area contributed by atoms with Crippen molar-refractivity contribution in [3.63, 3.8) is 0 Å². The summed E-state index contributed by atoms with van der Waals surface area (Å²) in [6.07, 6.45) is 0.715. The molecule has 98 valence electrons. The van der Waals surface area contributed by atoms with Crippen molar-refractivity contribution in [2.24, 2.45) is 0 Å². The van der Waals surface area contributed by atoms with Gasteiger partial charge in [-0.1, -0.05) is 0 Å². The van der Waals surface area contributed by atoms with Crippen LogP contribution in [0.2, 0.25) is 0 Å². The minimum absolute atomic E-state index is 0.365. The maximum atomic E-state index is 12.1. The molecule has 7 heteroatoms. The number of hydrogen-bond donors (Lipinski definition) is 1. The third-order valence-corrected chi connectivity index (χ3v) is 6.42. The molecule has 0 amide bonds.